The summed E-state index contributed by atoms with van der Waals surface area (Å²) < 4.78 is 10.8. The third kappa shape index (κ3) is 1.74. The van der Waals surface area contributed by atoms with Gasteiger partial charge in [0.05, 0.1) is 11.6 Å². The molecule has 0 radical (unpaired) electrons. The molecule has 2 rings (SSSR count). The van der Waals surface area contributed by atoms with Gasteiger partial charge in [-0.25, -0.2) is 0 Å². The van der Waals surface area contributed by atoms with Crippen LogP contribution in [0, 0.1) is 6.92 Å². The molecule has 5 heteroatoms. The highest BCUT2D eigenvalue weighted by atomic mass is 35.5. The standard InChI is InChI=1S/C11H12ClNO3/c1-6-4-8-11(16-3-2-15-8)10(12)9(6)7(14)5-13/h4H,2-3,5,13H2,1H3. The van der Waals surface area contributed by atoms with Gasteiger partial charge in [-0.15, -0.1) is 0 Å². The van der Waals surface area contributed by atoms with E-state index in [1.54, 1.807) is 13.0 Å². The summed E-state index contributed by atoms with van der Waals surface area (Å²) in [5.74, 6) is 0.831. The number of carbonyl (C=O) groups is 1. The van der Waals surface area contributed by atoms with E-state index >= 15 is 0 Å². The Morgan fingerprint density at radius 2 is 2.19 bits per heavy atom. The Hall–Kier alpha value is -1.26. The molecule has 0 spiro atoms. The van der Waals surface area contributed by atoms with Crippen LogP contribution in [0.5, 0.6) is 11.5 Å². The van der Waals surface area contributed by atoms with Crippen LogP contribution in [-0.4, -0.2) is 25.5 Å². The highest BCUT2D eigenvalue weighted by Gasteiger charge is 2.23. The number of rotatable bonds is 2. The molecular formula is C11H12ClNO3. The molecule has 0 aromatic heterocycles. The number of nitrogens with two attached hydrogens (primary N) is 1. The van der Waals surface area contributed by atoms with Gasteiger partial charge in [0.15, 0.2) is 17.3 Å². The van der Waals surface area contributed by atoms with Crippen LogP contribution in [0.2, 0.25) is 5.02 Å². The largest absolute Gasteiger partial charge is 0.486 e. The fraction of sp³-hybridized carbons (Fsp3) is 0.364. The van der Waals surface area contributed by atoms with Crippen LogP contribution >= 0.6 is 11.6 Å². The maximum atomic E-state index is 11.6. The van der Waals surface area contributed by atoms with E-state index in [1.807, 2.05) is 0 Å². The number of ketones is 1. The fourth-order valence-electron chi connectivity index (χ4n) is 1.71. The summed E-state index contributed by atoms with van der Waals surface area (Å²) in [4.78, 5) is 11.6. The molecule has 1 aromatic carbocycles. The van der Waals surface area contributed by atoms with Gasteiger partial charge >= 0.3 is 0 Å². The first kappa shape index (κ1) is 11.2. The number of ether oxygens (including phenoxy) is 2. The second-order valence-electron chi connectivity index (χ2n) is 3.53. The highest BCUT2D eigenvalue weighted by molar-refractivity contribution is 6.36. The monoisotopic (exact) mass is 241 g/mol. The lowest BCUT2D eigenvalue weighted by Gasteiger charge is -2.21. The zero-order chi connectivity index (χ0) is 11.7. The van der Waals surface area contributed by atoms with E-state index in [9.17, 15) is 4.79 Å². The number of carbonyl (C=O) groups excluding carboxylic acids is 1. The van der Waals surface area contributed by atoms with Crippen LogP contribution in [0.3, 0.4) is 0 Å². The van der Waals surface area contributed by atoms with Gasteiger partial charge in [-0.1, -0.05) is 11.6 Å². The molecule has 1 aliphatic rings. The number of Topliss-reactive ketones (excluding diaryl/α,β-unsaturated/α-hetero) is 1. The quantitative estimate of drug-likeness (QED) is 0.799. The maximum Gasteiger partial charge on any atom is 0.180 e. The number of hydrogen-bond acceptors (Lipinski definition) is 4. The number of aryl methyl sites for hydroxylation is 1. The van der Waals surface area contributed by atoms with E-state index in [-0.39, 0.29) is 12.3 Å². The fourth-order valence-corrected chi connectivity index (χ4v) is 2.11. The Labute approximate surface area is 98.3 Å². The molecule has 0 unspecified atom stereocenters. The zero-order valence-electron chi connectivity index (χ0n) is 8.88. The minimum atomic E-state index is -0.195. The average Bonchev–Trinajstić information content (AvgIpc) is 2.28. The topological polar surface area (TPSA) is 61.6 Å². The van der Waals surface area contributed by atoms with Gasteiger partial charge in [0.1, 0.15) is 13.2 Å². The maximum absolute atomic E-state index is 11.6. The Morgan fingerprint density at radius 3 is 2.88 bits per heavy atom. The molecule has 0 aliphatic carbocycles. The van der Waals surface area contributed by atoms with Crippen molar-refractivity contribution in [2.75, 3.05) is 19.8 Å². The lowest BCUT2D eigenvalue weighted by molar-refractivity contribution is 0.0999. The summed E-state index contributed by atoms with van der Waals surface area (Å²) in [5, 5.41) is 0.296. The lowest BCUT2D eigenvalue weighted by Crippen LogP contribution is -2.19. The summed E-state index contributed by atoms with van der Waals surface area (Å²) in [6.07, 6.45) is 0. The van der Waals surface area contributed by atoms with Gasteiger partial charge in [-0.3, -0.25) is 4.79 Å². The van der Waals surface area contributed by atoms with Crippen molar-refractivity contribution in [3.05, 3.63) is 22.2 Å². The third-order valence-electron chi connectivity index (χ3n) is 2.44. The molecule has 0 saturated carbocycles. The van der Waals surface area contributed by atoms with Crippen LogP contribution in [0.15, 0.2) is 6.07 Å². The molecule has 1 aliphatic heterocycles. The highest BCUT2D eigenvalue weighted by Crippen LogP contribution is 2.41. The first-order valence-electron chi connectivity index (χ1n) is 4.97. The van der Waals surface area contributed by atoms with Crippen LogP contribution in [-0.2, 0) is 0 Å². The van der Waals surface area contributed by atoms with E-state index in [2.05, 4.69) is 0 Å². The van der Waals surface area contributed by atoms with Crippen molar-refractivity contribution in [1.82, 2.24) is 0 Å². The van der Waals surface area contributed by atoms with Crippen LogP contribution in [0.1, 0.15) is 15.9 Å². The first-order valence-corrected chi connectivity index (χ1v) is 5.35. The van der Waals surface area contributed by atoms with Crippen molar-refractivity contribution < 1.29 is 14.3 Å². The predicted octanol–water partition coefficient (Wildman–Crippen LogP) is 1.56. The molecule has 0 amide bonds. The number of hydrogen-bond donors (Lipinski definition) is 1. The Balaban J connectivity index is 2.58. The number of fused-ring (bicyclic) bond motifs is 1. The summed E-state index contributed by atoms with van der Waals surface area (Å²) in [5.41, 5.74) is 6.52. The second kappa shape index (κ2) is 4.31. The molecule has 0 bridgehead atoms. The lowest BCUT2D eigenvalue weighted by atomic mass is 10.0. The van der Waals surface area contributed by atoms with Gasteiger partial charge in [0.2, 0.25) is 0 Å². The van der Waals surface area contributed by atoms with Crippen molar-refractivity contribution in [3.63, 3.8) is 0 Å². The average molecular weight is 242 g/mol. The third-order valence-corrected chi connectivity index (χ3v) is 2.80. The van der Waals surface area contributed by atoms with Crippen molar-refractivity contribution in [3.8, 4) is 11.5 Å². The predicted molar refractivity (Wildman–Crippen MR) is 60.6 cm³/mol. The molecule has 2 N–H and O–H groups in total. The van der Waals surface area contributed by atoms with Crippen LogP contribution in [0.25, 0.3) is 0 Å². The van der Waals surface area contributed by atoms with Gasteiger partial charge in [0.25, 0.3) is 0 Å². The van der Waals surface area contributed by atoms with Crippen LogP contribution < -0.4 is 15.2 Å². The van der Waals surface area contributed by atoms with Crippen molar-refractivity contribution in [2.45, 2.75) is 6.92 Å². The molecule has 0 atom stereocenters. The summed E-state index contributed by atoms with van der Waals surface area (Å²) in [7, 11) is 0. The van der Waals surface area contributed by atoms with Crippen molar-refractivity contribution in [1.29, 1.82) is 0 Å². The normalized spacial score (nSPS) is 13.7. The minimum absolute atomic E-state index is 0.0692. The molecule has 16 heavy (non-hydrogen) atoms. The van der Waals surface area contributed by atoms with E-state index in [4.69, 9.17) is 26.8 Å². The first-order chi connectivity index (χ1) is 7.65. The van der Waals surface area contributed by atoms with Crippen molar-refractivity contribution >= 4 is 17.4 Å². The number of halogens is 1. The molecule has 4 nitrogen and oxygen atoms in total. The molecule has 1 aromatic rings. The van der Waals surface area contributed by atoms with Crippen LogP contribution in [0.4, 0.5) is 0 Å². The molecule has 0 saturated heterocycles. The van der Waals surface area contributed by atoms with Crippen molar-refractivity contribution in [2.24, 2.45) is 5.73 Å². The Bertz CT molecular complexity index is 445. The SMILES string of the molecule is Cc1cc2c(c(Cl)c1C(=O)CN)OCCO2. The molecular weight excluding hydrogens is 230 g/mol. The Morgan fingerprint density at radius 1 is 1.50 bits per heavy atom. The molecule has 0 fully saturated rings. The summed E-state index contributed by atoms with van der Waals surface area (Å²) in [6, 6.07) is 1.75. The van der Waals surface area contributed by atoms with E-state index in [0.29, 0.717) is 35.3 Å². The van der Waals surface area contributed by atoms with E-state index in [0.717, 1.165) is 5.56 Å². The minimum Gasteiger partial charge on any atom is -0.486 e. The van der Waals surface area contributed by atoms with E-state index < -0.39 is 0 Å². The molecule has 1 heterocycles. The smallest absolute Gasteiger partial charge is 0.180 e. The van der Waals surface area contributed by atoms with Gasteiger partial charge < -0.3 is 15.2 Å². The zero-order valence-corrected chi connectivity index (χ0v) is 9.63. The van der Waals surface area contributed by atoms with Gasteiger partial charge in [-0.05, 0) is 18.6 Å². The summed E-state index contributed by atoms with van der Waals surface area (Å²) >= 11 is 6.12. The Kier molecular flexibility index (Phi) is 3.03. The van der Waals surface area contributed by atoms with Gasteiger partial charge in [-0.2, -0.15) is 0 Å². The number of benzene rings is 1. The summed E-state index contributed by atoms with van der Waals surface area (Å²) in [6.45, 7) is 2.66. The second-order valence-corrected chi connectivity index (χ2v) is 3.91. The van der Waals surface area contributed by atoms with E-state index in [1.165, 1.54) is 0 Å². The molecule has 86 valence electrons. The van der Waals surface area contributed by atoms with Gasteiger partial charge in [0, 0.05) is 5.56 Å².